The summed E-state index contributed by atoms with van der Waals surface area (Å²) in [5.41, 5.74) is -3.36. The van der Waals surface area contributed by atoms with Crippen LogP contribution in [0.25, 0.3) is 10.8 Å². The number of alkyl halides is 3. The first-order valence-corrected chi connectivity index (χ1v) is 7.78. The highest BCUT2D eigenvalue weighted by atomic mass is 32.1. The molecular weight excluding hydrogens is 343 g/mol. The van der Waals surface area contributed by atoms with Crippen molar-refractivity contribution in [2.75, 3.05) is 0 Å². The van der Waals surface area contributed by atoms with Gasteiger partial charge in [0.2, 0.25) is 5.60 Å². The SMILES string of the molecule is Cc1csc(C(O)(Cc2n[nH]c(=O)c3ccccc23)C(F)(F)F)n1. The normalized spacial score (nSPS) is 14.7. The van der Waals surface area contributed by atoms with Crippen molar-refractivity contribution in [1.29, 1.82) is 0 Å². The molecule has 0 saturated heterocycles. The molecule has 5 nitrogen and oxygen atoms in total. The van der Waals surface area contributed by atoms with Gasteiger partial charge in [-0.2, -0.15) is 18.3 Å². The van der Waals surface area contributed by atoms with Gasteiger partial charge in [-0.25, -0.2) is 10.1 Å². The van der Waals surface area contributed by atoms with E-state index in [1.54, 1.807) is 19.1 Å². The zero-order valence-electron chi connectivity index (χ0n) is 12.4. The second-order valence-corrected chi connectivity index (χ2v) is 6.23. The average Bonchev–Trinajstić information content (AvgIpc) is 2.96. The van der Waals surface area contributed by atoms with Gasteiger partial charge in [-0.1, -0.05) is 18.2 Å². The first-order chi connectivity index (χ1) is 11.2. The van der Waals surface area contributed by atoms with Crippen LogP contribution in [0.15, 0.2) is 34.4 Å². The molecule has 0 aliphatic carbocycles. The molecule has 0 aliphatic heterocycles. The number of H-pyrrole nitrogens is 1. The number of halogens is 3. The van der Waals surface area contributed by atoms with Gasteiger partial charge >= 0.3 is 6.18 Å². The Labute approximate surface area is 137 Å². The molecule has 0 amide bonds. The number of aliphatic hydroxyl groups is 1. The number of nitrogens with zero attached hydrogens (tertiary/aromatic N) is 2. The molecule has 0 bridgehead atoms. The fourth-order valence-corrected chi connectivity index (χ4v) is 3.30. The lowest BCUT2D eigenvalue weighted by molar-refractivity contribution is -0.266. The Balaban J connectivity index is 2.16. The van der Waals surface area contributed by atoms with Crippen LogP contribution in [0, 0.1) is 6.92 Å². The van der Waals surface area contributed by atoms with E-state index < -0.39 is 28.8 Å². The zero-order chi connectivity index (χ0) is 17.5. The van der Waals surface area contributed by atoms with Crippen LogP contribution in [0.2, 0.25) is 0 Å². The number of hydrogen-bond acceptors (Lipinski definition) is 5. The molecule has 3 aromatic rings. The molecule has 126 valence electrons. The Morgan fingerprint density at radius 1 is 1.25 bits per heavy atom. The molecule has 9 heteroatoms. The molecule has 2 heterocycles. The van der Waals surface area contributed by atoms with E-state index in [4.69, 9.17) is 0 Å². The Morgan fingerprint density at radius 3 is 2.50 bits per heavy atom. The highest BCUT2D eigenvalue weighted by Gasteiger charge is 2.57. The van der Waals surface area contributed by atoms with Crippen molar-refractivity contribution in [3.05, 3.63) is 56.4 Å². The van der Waals surface area contributed by atoms with Gasteiger partial charge in [0.1, 0.15) is 5.01 Å². The molecule has 0 spiro atoms. The van der Waals surface area contributed by atoms with Crippen LogP contribution in [-0.2, 0) is 12.0 Å². The van der Waals surface area contributed by atoms with E-state index in [2.05, 4.69) is 15.2 Å². The smallest absolute Gasteiger partial charge is 0.374 e. The van der Waals surface area contributed by atoms with Crippen LogP contribution in [0.4, 0.5) is 13.2 Å². The minimum atomic E-state index is -4.95. The lowest BCUT2D eigenvalue weighted by atomic mass is 9.95. The lowest BCUT2D eigenvalue weighted by Crippen LogP contribution is -2.44. The Hall–Kier alpha value is -2.26. The van der Waals surface area contributed by atoms with Crippen molar-refractivity contribution in [2.24, 2.45) is 0 Å². The Morgan fingerprint density at radius 2 is 1.92 bits per heavy atom. The maximum atomic E-state index is 13.6. The van der Waals surface area contributed by atoms with Crippen LogP contribution >= 0.6 is 11.3 Å². The van der Waals surface area contributed by atoms with E-state index in [0.29, 0.717) is 5.69 Å². The summed E-state index contributed by atoms with van der Waals surface area (Å²) in [6, 6.07) is 6.17. The largest absolute Gasteiger partial charge is 0.424 e. The van der Waals surface area contributed by atoms with Crippen molar-refractivity contribution in [2.45, 2.75) is 25.1 Å². The van der Waals surface area contributed by atoms with Gasteiger partial charge in [-0.15, -0.1) is 11.3 Å². The van der Waals surface area contributed by atoms with Crippen LogP contribution in [0.3, 0.4) is 0 Å². The third kappa shape index (κ3) is 2.69. The molecular formula is C15H12F3N3O2S. The maximum absolute atomic E-state index is 13.6. The Bertz CT molecular complexity index is 951. The number of nitrogens with one attached hydrogen (secondary N) is 1. The number of hydrogen-bond donors (Lipinski definition) is 2. The van der Waals surface area contributed by atoms with Crippen molar-refractivity contribution in [1.82, 2.24) is 15.2 Å². The average molecular weight is 355 g/mol. The third-order valence-electron chi connectivity index (χ3n) is 3.64. The molecule has 1 unspecified atom stereocenters. The number of aromatic nitrogens is 3. The topological polar surface area (TPSA) is 78.9 Å². The molecule has 1 aromatic carbocycles. The monoisotopic (exact) mass is 355 g/mol. The number of benzene rings is 1. The second-order valence-electron chi connectivity index (χ2n) is 5.37. The molecule has 24 heavy (non-hydrogen) atoms. The molecule has 0 fully saturated rings. The van der Waals surface area contributed by atoms with Crippen molar-refractivity contribution in [3.8, 4) is 0 Å². The predicted molar refractivity (Wildman–Crippen MR) is 82.9 cm³/mol. The van der Waals surface area contributed by atoms with E-state index in [-0.39, 0.29) is 16.5 Å². The van der Waals surface area contributed by atoms with Gasteiger partial charge in [0.05, 0.1) is 11.1 Å². The standard InChI is InChI=1S/C15H12F3N3O2S/c1-8-7-24-13(19-8)14(23,15(16,17)18)6-11-9-4-2-3-5-10(9)12(22)21-20-11/h2-5,7,23H,6H2,1H3,(H,21,22). The minimum Gasteiger partial charge on any atom is -0.374 e. The fraction of sp³-hybridized carbons (Fsp3) is 0.267. The third-order valence-corrected chi connectivity index (χ3v) is 4.75. The first kappa shape index (κ1) is 16.6. The maximum Gasteiger partial charge on any atom is 0.424 e. The lowest BCUT2D eigenvalue weighted by Gasteiger charge is -2.28. The second kappa shape index (κ2) is 5.67. The summed E-state index contributed by atoms with van der Waals surface area (Å²) in [6.07, 6.45) is -5.79. The molecule has 0 radical (unpaired) electrons. The van der Waals surface area contributed by atoms with E-state index in [1.165, 1.54) is 17.5 Å². The van der Waals surface area contributed by atoms with Gasteiger partial charge in [0.15, 0.2) is 0 Å². The van der Waals surface area contributed by atoms with Gasteiger partial charge in [0.25, 0.3) is 5.56 Å². The molecule has 0 aliphatic rings. The van der Waals surface area contributed by atoms with Gasteiger partial charge in [-0.05, 0) is 13.0 Å². The summed E-state index contributed by atoms with van der Waals surface area (Å²) in [4.78, 5) is 15.5. The molecule has 3 rings (SSSR count). The molecule has 2 N–H and O–H groups in total. The first-order valence-electron chi connectivity index (χ1n) is 6.90. The summed E-state index contributed by atoms with van der Waals surface area (Å²) in [7, 11) is 0. The van der Waals surface area contributed by atoms with Crippen molar-refractivity contribution >= 4 is 22.1 Å². The highest BCUT2D eigenvalue weighted by molar-refractivity contribution is 7.09. The highest BCUT2D eigenvalue weighted by Crippen LogP contribution is 2.42. The number of aromatic amines is 1. The van der Waals surface area contributed by atoms with Gasteiger partial charge in [0, 0.05) is 22.9 Å². The van der Waals surface area contributed by atoms with Gasteiger partial charge < -0.3 is 5.11 Å². The van der Waals surface area contributed by atoms with Crippen molar-refractivity contribution < 1.29 is 18.3 Å². The fourth-order valence-electron chi connectivity index (χ4n) is 2.39. The quantitative estimate of drug-likeness (QED) is 0.757. The van der Waals surface area contributed by atoms with Crippen LogP contribution < -0.4 is 5.56 Å². The zero-order valence-corrected chi connectivity index (χ0v) is 13.2. The number of aryl methyl sites for hydroxylation is 1. The van der Waals surface area contributed by atoms with E-state index >= 15 is 0 Å². The van der Waals surface area contributed by atoms with E-state index in [9.17, 15) is 23.1 Å². The predicted octanol–water partition coefficient (Wildman–Crippen LogP) is 2.68. The Kier molecular flexibility index (Phi) is 3.92. The summed E-state index contributed by atoms with van der Waals surface area (Å²) in [6.45, 7) is 1.55. The van der Waals surface area contributed by atoms with Crippen LogP contribution in [0.5, 0.6) is 0 Å². The van der Waals surface area contributed by atoms with E-state index in [0.717, 1.165) is 11.3 Å². The molecule has 2 aromatic heterocycles. The van der Waals surface area contributed by atoms with Crippen LogP contribution in [0.1, 0.15) is 16.4 Å². The number of rotatable bonds is 3. The number of thiazole rings is 1. The summed E-state index contributed by atoms with van der Waals surface area (Å²) >= 11 is 0.730. The molecule has 1 atom stereocenters. The van der Waals surface area contributed by atoms with Crippen LogP contribution in [-0.4, -0.2) is 26.5 Å². The van der Waals surface area contributed by atoms with Gasteiger partial charge in [-0.3, -0.25) is 4.79 Å². The number of fused-ring (bicyclic) bond motifs is 1. The molecule has 0 saturated carbocycles. The van der Waals surface area contributed by atoms with E-state index in [1.807, 2.05) is 0 Å². The van der Waals surface area contributed by atoms with Crippen molar-refractivity contribution in [3.63, 3.8) is 0 Å². The summed E-state index contributed by atoms with van der Waals surface area (Å²) in [5, 5.41) is 17.7. The summed E-state index contributed by atoms with van der Waals surface area (Å²) < 4.78 is 40.7. The minimum absolute atomic E-state index is 0.0575. The summed E-state index contributed by atoms with van der Waals surface area (Å²) in [5.74, 6) is 0.